The van der Waals surface area contributed by atoms with Gasteiger partial charge in [0.2, 0.25) is 10.0 Å². The summed E-state index contributed by atoms with van der Waals surface area (Å²) >= 11 is 0. The van der Waals surface area contributed by atoms with E-state index in [-0.39, 0.29) is 6.04 Å². The summed E-state index contributed by atoms with van der Waals surface area (Å²) in [6.45, 7) is 2.31. The molecule has 1 fully saturated rings. The molecular formula is C15H23N3O2S. The van der Waals surface area contributed by atoms with Crippen LogP contribution in [-0.4, -0.2) is 56.9 Å². The predicted octanol–water partition coefficient (Wildman–Crippen LogP) is 0.439. The number of aryl methyl sites for hydroxylation is 2. The average molecular weight is 309 g/mol. The molecule has 1 saturated heterocycles. The maximum Gasteiger partial charge on any atom is 0.243 e. The van der Waals surface area contributed by atoms with Crippen LogP contribution in [-0.2, 0) is 22.9 Å². The van der Waals surface area contributed by atoms with E-state index in [0.29, 0.717) is 24.5 Å². The molecule has 1 atom stereocenters. The van der Waals surface area contributed by atoms with Gasteiger partial charge >= 0.3 is 0 Å². The van der Waals surface area contributed by atoms with Crippen LogP contribution in [0.4, 0.5) is 0 Å². The van der Waals surface area contributed by atoms with Crippen molar-refractivity contribution >= 4 is 10.0 Å². The number of benzene rings is 1. The van der Waals surface area contributed by atoms with E-state index in [1.54, 1.807) is 10.4 Å². The number of sulfonamides is 1. The van der Waals surface area contributed by atoms with Crippen LogP contribution >= 0.6 is 0 Å². The van der Waals surface area contributed by atoms with Crippen molar-refractivity contribution in [2.24, 2.45) is 5.73 Å². The first-order chi connectivity index (χ1) is 10.0. The number of hydrogen-bond donors (Lipinski definition) is 1. The largest absolute Gasteiger partial charge is 0.329 e. The van der Waals surface area contributed by atoms with Crippen LogP contribution < -0.4 is 5.73 Å². The van der Waals surface area contributed by atoms with Gasteiger partial charge in [0, 0.05) is 26.2 Å². The Hall–Kier alpha value is -0.950. The molecule has 6 heteroatoms. The van der Waals surface area contributed by atoms with Crippen molar-refractivity contribution in [3.63, 3.8) is 0 Å². The lowest BCUT2D eigenvalue weighted by Crippen LogP contribution is -2.56. The van der Waals surface area contributed by atoms with Gasteiger partial charge in [-0.2, -0.15) is 4.31 Å². The molecule has 0 radical (unpaired) electrons. The first-order valence-electron chi connectivity index (χ1n) is 7.54. The minimum Gasteiger partial charge on any atom is -0.329 e. The highest BCUT2D eigenvalue weighted by Crippen LogP contribution is 2.27. The monoisotopic (exact) mass is 309 g/mol. The number of hydrogen-bond acceptors (Lipinski definition) is 4. The summed E-state index contributed by atoms with van der Waals surface area (Å²) in [5.74, 6) is 0. The first kappa shape index (κ1) is 15.0. The van der Waals surface area contributed by atoms with Crippen LogP contribution in [0.15, 0.2) is 23.1 Å². The second kappa shape index (κ2) is 5.68. The second-order valence-corrected chi connectivity index (χ2v) is 7.94. The zero-order chi connectivity index (χ0) is 15.0. The third kappa shape index (κ3) is 2.73. The van der Waals surface area contributed by atoms with Crippen molar-refractivity contribution in [2.75, 3.05) is 33.2 Å². The normalized spacial score (nSPS) is 24.2. The molecule has 3 rings (SSSR count). The second-order valence-electron chi connectivity index (χ2n) is 6.05. The zero-order valence-electron chi connectivity index (χ0n) is 12.5. The molecule has 1 heterocycles. The van der Waals surface area contributed by atoms with Gasteiger partial charge in [-0.25, -0.2) is 8.42 Å². The maximum absolute atomic E-state index is 12.9. The predicted molar refractivity (Wildman–Crippen MR) is 82.7 cm³/mol. The summed E-state index contributed by atoms with van der Waals surface area (Å²) < 4.78 is 27.4. The van der Waals surface area contributed by atoms with Crippen molar-refractivity contribution in [1.82, 2.24) is 9.21 Å². The Morgan fingerprint density at radius 2 is 2.00 bits per heavy atom. The Morgan fingerprint density at radius 1 is 1.24 bits per heavy atom. The third-order valence-corrected chi connectivity index (χ3v) is 6.53. The average Bonchev–Trinajstić information content (AvgIpc) is 2.94. The molecule has 116 valence electrons. The molecule has 1 aromatic rings. The minimum absolute atomic E-state index is 0.137. The van der Waals surface area contributed by atoms with Gasteiger partial charge in [0.1, 0.15) is 0 Å². The highest BCUT2D eigenvalue weighted by atomic mass is 32.2. The SMILES string of the molecule is CN1CCN(S(=O)(=O)c2ccc3c(c2)CCC3)C(CN)C1. The Kier molecular flexibility index (Phi) is 4.05. The number of likely N-dealkylation sites (N-methyl/N-ethyl adjacent to an activating group) is 1. The first-order valence-corrected chi connectivity index (χ1v) is 8.98. The summed E-state index contributed by atoms with van der Waals surface area (Å²) in [7, 11) is -1.44. The van der Waals surface area contributed by atoms with E-state index < -0.39 is 10.0 Å². The van der Waals surface area contributed by atoms with E-state index in [1.807, 2.05) is 19.2 Å². The topological polar surface area (TPSA) is 66.6 Å². The fourth-order valence-corrected chi connectivity index (χ4v) is 5.02. The molecule has 1 unspecified atom stereocenters. The molecule has 2 N–H and O–H groups in total. The van der Waals surface area contributed by atoms with Gasteiger partial charge in [0.05, 0.1) is 10.9 Å². The number of rotatable bonds is 3. The van der Waals surface area contributed by atoms with Gasteiger partial charge in [0.25, 0.3) is 0 Å². The molecule has 0 amide bonds. The summed E-state index contributed by atoms with van der Waals surface area (Å²) in [6, 6.07) is 5.46. The minimum atomic E-state index is -3.44. The molecule has 0 saturated carbocycles. The van der Waals surface area contributed by atoms with Gasteiger partial charge in [0.15, 0.2) is 0 Å². The number of piperazine rings is 1. The van der Waals surface area contributed by atoms with Crippen molar-refractivity contribution in [3.05, 3.63) is 29.3 Å². The molecule has 1 aromatic carbocycles. The van der Waals surface area contributed by atoms with E-state index >= 15 is 0 Å². The molecule has 0 aromatic heterocycles. The quantitative estimate of drug-likeness (QED) is 0.880. The third-order valence-electron chi connectivity index (χ3n) is 4.58. The lowest BCUT2D eigenvalue weighted by Gasteiger charge is -2.38. The van der Waals surface area contributed by atoms with Crippen molar-refractivity contribution < 1.29 is 8.42 Å². The van der Waals surface area contributed by atoms with Crippen molar-refractivity contribution in [2.45, 2.75) is 30.2 Å². The molecule has 5 nitrogen and oxygen atoms in total. The summed E-state index contributed by atoms with van der Waals surface area (Å²) in [6.07, 6.45) is 3.18. The standard InChI is InChI=1S/C15H23N3O2S/c1-17-7-8-18(14(10-16)11-17)21(19,20)15-6-5-12-3-2-4-13(12)9-15/h5-6,9,14H,2-4,7-8,10-11,16H2,1H3. The molecular weight excluding hydrogens is 286 g/mol. The summed E-state index contributed by atoms with van der Waals surface area (Å²) in [4.78, 5) is 2.55. The Morgan fingerprint density at radius 3 is 2.76 bits per heavy atom. The number of nitrogens with zero attached hydrogens (tertiary/aromatic N) is 2. The number of fused-ring (bicyclic) bond motifs is 1. The van der Waals surface area contributed by atoms with Gasteiger partial charge in [-0.15, -0.1) is 0 Å². The van der Waals surface area contributed by atoms with Crippen molar-refractivity contribution in [1.29, 1.82) is 0 Å². The van der Waals surface area contributed by atoms with Gasteiger partial charge in [-0.05, 0) is 49.6 Å². The summed E-state index contributed by atoms with van der Waals surface area (Å²) in [5.41, 5.74) is 8.27. The zero-order valence-corrected chi connectivity index (χ0v) is 13.3. The van der Waals surface area contributed by atoms with E-state index in [4.69, 9.17) is 5.73 Å². The Labute approximate surface area is 126 Å². The van der Waals surface area contributed by atoms with E-state index in [2.05, 4.69) is 4.90 Å². The fraction of sp³-hybridized carbons (Fsp3) is 0.600. The van der Waals surface area contributed by atoms with Crippen LogP contribution in [0.5, 0.6) is 0 Å². The highest BCUT2D eigenvalue weighted by Gasteiger charge is 2.34. The molecule has 21 heavy (non-hydrogen) atoms. The smallest absolute Gasteiger partial charge is 0.243 e. The Bertz CT molecular complexity index is 630. The van der Waals surface area contributed by atoms with E-state index in [9.17, 15) is 8.42 Å². The molecule has 2 aliphatic rings. The van der Waals surface area contributed by atoms with E-state index in [1.165, 1.54) is 11.1 Å². The maximum atomic E-state index is 12.9. The molecule has 1 aliphatic carbocycles. The van der Waals surface area contributed by atoms with Gasteiger partial charge in [-0.1, -0.05) is 6.07 Å². The van der Waals surface area contributed by atoms with Crippen LogP contribution in [0.2, 0.25) is 0 Å². The highest BCUT2D eigenvalue weighted by molar-refractivity contribution is 7.89. The molecule has 0 spiro atoms. The van der Waals surface area contributed by atoms with Crippen LogP contribution in [0.1, 0.15) is 17.5 Å². The van der Waals surface area contributed by atoms with Gasteiger partial charge < -0.3 is 10.6 Å². The van der Waals surface area contributed by atoms with E-state index in [0.717, 1.165) is 25.8 Å². The lowest BCUT2D eigenvalue weighted by atomic mass is 10.1. The molecule has 0 bridgehead atoms. The van der Waals surface area contributed by atoms with Crippen LogP contribution in [0.25, 0.3) is 0 Å². The van der Waals surface area contributed by atoms with Gasteiger partial charge in [-0.3, -0.25) is 0 Å². The van der Waals surface area contributed by atoms with Crippen molar-refractivity contribution in [3.8, 4) is 0 Å². The van der Waals surface area contributed by atoms with Crippen LogP contribution in [0.3, 0.4) is 0 Å². The lowest BCUT2D eigenvalue weighted by molar-refractivity contribution is 0.164. The molecule has 1 aliphatic heterocycles. The number of nitrogens with two attached hydrogens (primary N) is 1. The Balaban J connectivity index is 1.92. The summed E-state index contributed by atoms with van der Waals surface area (Å²) in [5, 5.41) is 0. The van der Waals surface area contributed by atoms with Crippen LogP contribution in [0, 0.1) is 0 Å². The fourth-order valence-electron chi connectivity index (χ4n) is 3.35.